The van der Waals surface area contributed by atoms with Crippen molar-refractivity contribution in [3.63, 3.8) is 0 Å². The molecule has 0 spiro atoms. The Morgan fingerprint density at radius 1 is 1.56 bits per heavy atom. The monoisotopic (exact) mass is 333 g/mol. The van der Waals surface area contributed by atoms with E-state index in [1.54, 1.807) is 0 Å². The van der Waals surface area contributed by atoms with Crippen LogP contribution in [-0.4, -0.2) is 41.1 Å². The first kappa shape index (κ1) is 15.5. The molecule has 0 aliphatic rings. The quantitative estimate of drug-likeness (QED) is 0.687. The molecule has 4 nitrogen and oxygen atoms in total. The Bertz CT molecular complexity index is 414. The number of carbonyl (C=O) groups is 1. The largest absolute Gasteiger partial charge is 0.394 e. The second-order valence-corrected chi connectivity index (χ2v) is 5.77. The minimum atomic E-state index is -0.895. The summed E-state index contributed by atoms with van der Waals surface area (Å²) in [6.07, 6.45) is -0.895. The lowest BCUT2D eigenvalue weighted by Crippen LogP contribution is -2.34. The lowest BCUT2D eigenvalue weighted by atomic mass is 10.2. The molecule has 0 heterocycles. The summed E-state index contributed by atoms with van der Waals surface area (Å²) in [5.74, 6) is 0.135. The number of rotatable bonds is 6. The highest BCUT2D eigenvalue weighted by Crippen LogP contribution is 2.24. The predicted molar refractivity (Wildman–Crippen MR) is 75.7 cm³/mol. The fourth-order valence-corrected chi connectivity index (χ4v) is 2.58. The zero-order valence-corrected chi connectivity index (χ0v) is 12.4. The summed E-state index contributed by atoms with van der Waals surface area (Å²) in [6.45, 7) is 1.72. The lowest BCUT2D eigenvalue weighted by Gasteiger charge is -2.09. The van der Waals surface area contributed by atoms with Crippen LogP contribution in [0.4, 0.5) is 0 Å². The molecule has 0 aliphatic carbocycles. The van der Waals surface area contributed by atoms with Crippen LogP contribution >= 0.6 is 27.7 Å². The molecule has 1 unspecified atom stereocenters. The normalized spacial score (nSPS) is 12.2. The van der Waals surface area contributed by atoms with Gasteiger partial charge in [0.2, 0.25) is 5.91 Å². The van der Waals surface area contributed by atoms with E-state index in [1.165, 1.54) is 11.8 Å². The first-order valence-electron chi connectivity index (χ1n) is 5.47. The number of aliphatic hydroxyl groups excluding tert-OH is 2. The van der Waals surface area contributed by atoms with Crippen molar-refractivity contribution in [1.82, 2.24) is 5.32 Å². The van der Waals surface area contributed by atoms with E-state index in [1.807, 2.05) is 25.1 Å². The van der Waals surface area contributed by atoms with Crippen LogP contribution in [0, 0.1) is 6.92 Å². The van der Waals surface area contributed by atoms with Crippen LogP contribution < -0.4 is 5.32 Å². The zero-order valence-electron chi connectivity index (χ0n) is 10.0. The molecule has 0 saturated carbocycles. The number of halogens is 1. The Hall–Kier alpha value is -0.560. The fraction of sp³-hybridized carbons (Fsp3) is 0.417. The molecule has 0 fully saturated rings. The van der Waals surface area contributed by atoms with E-state index in [2.05, 4.69) is 21.2 Å². The average Bonchev–Trinajstić information content (AvgIpc) is 2.34. The van der Waals surface area contributed by atoms with Crippen LogP contribution in [0.1, 0.15) is 5.56 Å². The minimum Gasteiger partial charge on any atom is -0.394 e. The van der Waals surface area contributed by atoms with Gasteiger partial charge in [0.15, 0.2) is 0 Å². The molecule has 0 bridgehead atoms. The van der Waals surface area contributed by atoms with Crippen molar-refractivity contribution in [2.45, 2.75) is 17.9 Å². The Labute approximate surface area is 119 Å². The molecule has 18 heavy (non-hydrogen) atoms. The number of carbonyl (C=O) groups excluding carboxylic acids is 1. The third kappa shape index (κ3) is 5.39. The van der Waals surface area contributed by atoms with Gasteiger partial charge >= 0.3 is 0 Å². The van der Waals surface area contributed by atoms with Crippen LogP contribution in [0.25, 0.3) is 0 Å². The van der Waals surface area contributed by atoms with Gasteiger partial charge < -0.3 is 15.5 Å². The van der Waals surface area contributed by atoms with Gasteiger partial charge in [-0.1, -0.05) is 15.9 Å². The van der Waals surface area contributed by atoms with E-state index in [0.29, 0.717) is 5.75 Å². The lowest BCUT2D eigenvalue weighted by molar-refractivity contribution is -0.119. The smallest absolute Gasteiger partial charge is 0.230 e. The van der Waals surface area contributed by atoms with Gasteiger partial charge in [0.25, 0.3) is 0 Å². The Balaban J connectivity index is 2.38. The van der Waals surface area contributed by atoms with Crippen LogP contribution in [0.2, 0.25) is 0 Å². The molecular formula is C12H16BrNO3S. The van der Waals surface area contributed by atoms with Gasteiger partial charge in [-0.2, -0.15) is 0 Å². The summed E-state index contributed by atoms with van der Waals surface area (Å²) in [4.78, 5) is 12.5. The zero-order chi connectivity index (χ0) is 13.5. The molecule has 3 N–H and O–H groups in total. The highest BCUT2D eigenvalue weighted by Gasteiger charge is 2.07. The van der Waals surface area contributed by atoms with Gasteiger partial charge in [-0.3, -0.25) is 4.79 Å². The van der Waals surface area contributed by atoms with Gasteiger partial charge in [0.1, 0.15) is 0 Å². The molecule has 1 aromatic carbocycles. The van der Waals surface area contributed by atoms with Crippen molar-refractivity contribution in [3.05, 3.63) is 28.2 Å². The SMILES string of the molecule is Cc1cc(Br)ccc1SCC(=O)NCC(O)CO. The van der Waals surface area contributed by atoms with Crippen LogP contribution in [0.3, 0.4) is 0 Å². The summed E-state index contributed by atoms with van der Waals surface area (Å²) < 4.78 is 1.01. The van der Waals surface area contributed by atoms with Crippen molar-refractivity contribution < 1.29 is 15.0 Å². The number of nitrogens with one attached hydrogen (secondary N) is 1. The Kier molecular flexibility index (Phi) is 6.70. The van der Waals surface area contributed by atoms with Crippen molar-refractivity contribution in [1.29, 1.82) is 0 Å². The minimum absolute atomic E-state index is 0.0786. The number of aryl methyl sites for hydroxylation is 1. The summed E-state index contributed by atoms with van der Waals surface area (Å²) in [7, 11) is 0. The molecule has 0 saturated heterocycles. The summed E-state index contributed by atoms with van der Waals surface area (Å²) in [6, 6.07) is 5.89. The van der Waals surface area contributed by atoms with Crippen molar-refractivity contribution in [3.8, 4) is 0 Å². The maximum Gasteiger partial charge on any atom is 0.230 e. The number of aliphatic hydroxyl groups is 2. The van der Waals surface area contributed by atoms with Crippen molar-refractivity contribution >= 4 is 33.6 Å². The van der Waals surface area contributed by atoms with E-state index in [0.717, 1.165) is 14.9 Å². The van der Waals surface area contributed by atoms with Crippen LogP contribution in [0.5, 0.6) is 0 Å². The molecule has 6 heteroatoms. The number of benzene rings is 1. The molecule has 1 atom stereocenters. The number of thioether (sulfide) groups is 1. The van der Waals surface area contributed by atoms with Crippen LogP contribution in [-0.2, 0) is 4.79 Å². The van der Waals surface area contributed by atoms with Gasteiger partial charge in [0, 0.05) is 15.9 Å². The van der Waals surface area contributed by atoms with E-state index >= 15 is 0 Å². The highest BCUT2D eigenvalue weighted by atomic mass is 79.9. The highest BCUT2D eigenvalue weighted by molar-refractivity contribution is 9.10. The predicted octanol–water partition coefficient (Wildman–Crippen LogP) is 1.32. The fourth-order valence-electron chi connectivity index (χ4n) is 1.27. The Morgan fingerprint density at radius 2 is 2.28 bits per heavy atom. The molecular weight excluding hydrogens is 318 g/mol. The van der Waals surface area contributed by atoms with Crippen LogP contribution in [0.15, 0.2) is 27.6 Å². The second-order valence-electron chi connectivity index (χ2n) is 3.84. The molecule has 1 amide bonds. The maximum atomic E-state index is 11.5. The summed E-state index contributed by atoms with van der Waals surface area (Å²) >= 11 is 4.83. The summed E-state index contributed by atoms with van der Waals surface area (Å²) in [5.41, 5.74) is 1.11. The third-order valence-corrected chi connectivity index (χ3v) is 3.91. The van der Waals surface area contributed by atoms with E-state index in [-0.39, 0.29) is 19.1 Å². The van der Waals surface area contributed by atoms with Gasteiger partial charge in [-0.25, -0.2) is 0 Å². The maximum absolute atomic E-state index is 11.5. The first-order valence-corrected chi connectivity index (χ1v) is 7.25. The van der Waals surface area contributed by atoms with E-state index in [4.69, 9.17) is 10.2 Å². The van der Waals surface area contributed by atoms with E-state index in [9.17, 15) is 4.79 Å². The van der Waals surface area contributed by atoms with E-state index < -0.39 is 6.10 Å². The molecule has 1 aromatic rings. The topological polar surface area (TPSA) is 69.6 Å². The Morgan fingerprint density at radius 3 is 2.89 bits per heavy atom. The van der Waals surface area contributed by atoms with Gasteiger partial charge in [0.05, 0.1) is 18.5 Å². The number of amides is 1. The van der Waals surface area contributed by atoms with Crippen molar-refractivity contribution in [2.75, 3.05) is 18.9 Å². The summed E-state index contributed by atoms with van der Waals surface area (Å²) in [5, 5.41) is 20.3. The number of hydrogen-bond acceptors (Lipinski definition) is 4. The molecule has 0 radical (unpaired) electrons. The standard InChI is InChI=1S/C12H16BrNO3S/c1-8-4-9(13)2-3-11(8)18-7-12(17)14-5-10(16)6-15/h2-4,10,15-16H,5-7H2,1H3,(H,14,17). The molecule has 0 aromatic heterocycles. The second kappa shape index (κ2) is 7.78. The average molecular weight is 334 g/mol. The molecule has 0 aliphatic heterocycles. The first-order chi connectivity index (χ1) is 8.52. The molecule has 1 rings (SSSR count). The number of hydrogen-bond donors (Lipinski definition) is 3. The van der Waals surface area contributed by atoms with Crippen molar-refractivity contribution in [2.24, 2.45) is 0 Å². The third-order valence-electron chi connectivity index (χ3n) is 2.24. The van der Waals surface area contributed by atoms with Gasteiger partial charge in [-0.05, 0) is 30.7 Å². The van der Waals surface area contributed by atoms with Gasteiger partial charge in [-0.15, -0.1) is 11.8 Å². The molecule has 100 valence electrons.